The van der Waals surface area contributed by atoms with Gasteiger partial charge in [-0.3, -0.25) is 4.79 Å². The van der Waals surface area contributed by atoms with Crippen molar-refractivity contribution in [1.29, 1.82) is 0 Å². The van der Waals surface area contributed by atoms with Crippen LogP contribution in [0.25, 0.3) is 0 Å². The highest BCUT2D eigenvalue weighted by Crippen LogP contribution is 2.05. The summed E-state index contributed by atoms with van der Waals surface area (Å²) in [6, 6.07) is 7.72. The van der Waals surface area contributed by atoms with Crippen LogP contribution in [0.4, 0.5) is 4.79 Å². The van der Waals surface area contributed by atoms with Crippen LogP contribution >= 0.6 is 0 Å². The van der Waals surface area contributed by atoms with Crippen LogP contribution in [0.2, 0.25) is 0 Å². The summed E-state index contributed by atoms with van der Waals surface area (Å²) in [5.41, 5.74) is 5.97. The highest BCUT2D eigenvalue weighted by molar-refractivity contribution is 5.85. The summed E-state index contributed by atoms with van der Waals surface area (Å²) in [4.78, 5) is 34.7. The summed E-state index contributed by atoms with van der Waals surface area (Å²) in [7, 11) is 1.37. The summed E-state index contributed by atoms with van der Waals surface area (Å²) in [6.07, 6.45) is 0.785. The number of nitrogens with zero attached hydrogens (tertiary/aromatic N) is 1. The van der Waals surface area contributed by atoms with E-state index in [9.17, 15) is 14.4 Å². The fourth-order valence-corrected chi connectivity index (χ4v) is 1.78. The normalized spacial score (nSPS) is 11.5. The number of carbonyl (C=O) groups excluding carboxylic acids is 2. The molecule has 0 aromatic heterocycles. The second kappa shape index (κ2) is 7.88. The molecule has 21 heavy (non-hydrogen) atoms. The van der Waals surface area contributed by atoms with E-state index in [-0.39, 0.29) is 13.0 Å². The zero-order valence-corrected chi connectivity index (χ0v) is 11.8. The van der Waals surface area contributed by atoms with Gasteiger partial charge in [0.05, 0.1) is 0 Å². The van der Waals surface area contributed by atoms with Gasteiger partial charge in [0.2, 0.25) is 5.91 Å². The number of nitrogens with two attached hydrogens (primary N) is 1. The van der Waals surface area contributed by atoms with Gasteiger partial charge < -0.3 is 21.1 Å². The second-order valence-corrected chi connectivity index (χ2v) is 4.69. The monoisotopic (exact) mass is 293 g/mol. The van der Waals surface area contributed by atoms with Gasteiger partial charge in [0.15, 0.2) is 0 Å². The smallest absolute Gasteiger partial charge is 0.326 e. The Morgan fingerprint density at radius 1 is 1.29 bits per heavy atom. The standard InChI is InChI=1S/C14H19N3O4/c1-17(9-12(15)18)14(21)16-11(13(19)20)8-7-10-5-3-2-4-6-10/h2-6,11H,7-9H2,1H3,(H2,15,18)(H,16,21)(H,19,20)/t11-/m0/s1. The van der Waals surface area contributed by atoms with Crippen LogP contribution in [0.1, 0.15) is 12.0 Å². The number of carboxylic acid groups (broad SMARTS) is 1. The number of benzene rings is 1. The van der Waals surface area contributed by atoms with Crippen molar-refractivity contribution in [1.82, 2.24) is 10.2 Å². The topological polar surface area (TPSA) is 113 Å². The lowest BCUT2D eigenvalue weighted by molar-refractivity contribution is -0.139. The van der Waals surface area contributed by atoms with Crippen molar-refractivity contribution < 1.29 is 19.5 Å². The molecule has 0 fully saturated rings. The van der Waals surface area contributed by atoms with Gasteiger partial charge in [0.25, 0.3) is 0 Å². The summed E-state index contributed by atoms with van der Waals surface area (Å²) >= 11 is 0. The molecular weight excluding hydrogens is 274 g/mol. The molecule has 0 bridgehead atoms. The van der Waals surface area contributed by atoms with Crippen molar-refractivity contribution in [2.75, 3.05) is 13.6 Å². The second-order valence-electron chi connectivity index (χ2n) is 4.69. The fourth-order valence-electron chi connectivity index (χ4n) is 1.78. The maximum Gasteiger partial charge on any atom is 0.326 e. The number of primary amides is 1. The van der Waals surface area contributed by atoms with E-state index in [1.165, 1.54) is 7.05 Å². The summed E-state index contributed by atoms with van der Waals surface area (Å²) in [5.74, 6) is -1.78. The molecule has 1 rings (SSSR count). The summed E-state index contributed by atoms with van der Waals surface area (Å²) < 4.78 is 0. The number of hydrogen-bond acceptors (Lipinski definition) is 3. The zero-order chi connectivity index (χ0) is 15.8. The number of amides is 3. The Bertz CT molecular complexity index is 504. The molecule has 114 valence electrons. The first-order valence-corrected chi connectivity index (χ1v) is 6.47. The molecule has 0 radical (unpaired) electrons. The third-order valence-corrected chi connectivity index (χ3v) is 2.90. The third-order valence-electron chi connectivity index (χ3n) is 2.90. The number of aliphatic carboxylic acids is 1. The highest BCUT2D eigenvalue weighted by Gasteiger charge is 2.22. The quantitative estimate of drug-likeness (QED) is 0.666. The molecule has 0 saturated carbocycles. The maximum atomic E-state index is 11.7. The Balaban J connectivity index is 2.55. The van der Waals surface area contributed by atoms with Crippen molar-refractivity contribution >= 4 is 17.9 Å². The molecule has 7 heteroatoms. The van der Waals surface area contributed by atoms with E-state index in [0.717, 1.165) is 10.5 Å². The maximum absolute atomic E-state index is 11.7. The molecule has 1 aromatic rings. The van der Waals surface area contributed by atoms with Crippen LogP contribution in [0.15, 0.2) is 30.3 Å². The number of likely N-dealkylation sites (N-methyl/N-ethyl adjacent to an activating group) is 1. The lowest BCUT2D eigenvalue weighted by Crippen LogP contribution is -2.48. The molecule has 7 nitrogen and oxygen atoms in total. The van der Waals surface area contributed by atoms with Gasteiger partial charge in [-0.15, -0.1) is 0 Å². The number of hydrogen-bond donors (Lipinski definition) is 3. The molecule has 1 aromatic carbocycles. The van der Waals surface area contributed by atoms with Gasteiger partial charge in [-0.05, 0) is 18.4 Å². The van der Waals surface area contributed by atoms with Gasteiger partial charge in [0, 0.05) is 7.05 Å². The average Bonchev–Trinajstić information content (AvgIpc) is 2.43. The third kappa shape index (κ3) is 5.94. The number of carbonyl (C=O) groups is 3. The van der Waals surface area contributed by atoms with Crippen molar-refractivity contribution in [3.05, 3.63) is 35.9 Å². The van der Waals surface area contributed by atoms with Gasteiger partial charge in [-0.25, -0.2) is 9.59 Å². The van der Waals surface area contributed by atoms with Crippen molar-refractivity contribution in [2.45, 2.75) is 18.9 Å². The van der Waals surface area contributed by atoms with E-state index in [4.69, 9.17) is 10.8 Å². The van der Waals surface area contributed by atoms with Crippen LogP contribution in [-0.2, 0) is 16.0 Å². The molecule has 0 heterocycles. The molecule has 0 saturated heterocycles. The molecule has 4 N–H and O–H groups in total. The minimum Gasteiger partial charge on any atom is -0.480 e. The number of carboxylic acids is 1. The average molecular weight is 293 g/mol. The molecule has 3 amide bonds. The summed E-state index contributed by atoms with van der Waals surface area (Å²) in [6.45, 7) is -0.267. The van der Waals surface area contributed by atoms with E-state index < -0.39 is 23.9 Å². The first kappa shape index (κ1) is 16.5. The molecule has 0 aliphatic rings. The molecule has 0 aliphatic heterocycles. The fraction of sp³-hybridized carbons (Fsp3) is 0.357. The first-order chi connectivity index (χ1) is 9.90. The molecule has 0 unspecified atom stereocenters. The summed E-state index contributed by atoms with van der Waals surface area (Å²) in [5, 5.41) is 11.5. The number of urea groups is 1. The van der Waals surface area contributed by atoms with Gasteiger partial charge in [0.1, 0.15) is 12.6 Å². The highest BCUT2D eigenvalue weighted by atomic mass is 16.4. The van der Waals surface area contributed by atoms with Crippen molar-refractivity contribution in [3.63, 3.8) is 0 Å². The van der Waals surface area contributed by atoms with E-state index >= 15 is 0 Å². The van der Waals surface area contributed by atoms with Gasteiger partial charge in [-0.2, -0.15) is 0 Å². The lowest BCUT2D eigenvalue weighted by Gasteiger charge is -2.20. The largest absolute Gasteiger partial charge is 0.480 e. The molecule has 0 spiro atoms. The van der Waals surface area contributed by atoms with Crippen LogP contribution < -0.4 is 11.1 Å². The predicted octanol–water partition coefficient (Wildman–Crippen LogP) is 0.199. The van der Waals surface area contributed by atoms with Crippen LogP contribution in [0.3, 0.4) is 0 Å². The van der Waals surface area contributed by atoms with E-state index in [1.54, 1.807) is 0 Å². The predicted molar refractivity (Wildman–Crippen MR) is 76.5 cm³/mol. The van der Waals surface area contributed by atoms with Crippen LogP contribution in [-0.4, -0.2) is 47.5 Å². The minimum atomic E-state index is -1.12. The van der Waals surface area contributed by atoms with E-state index in [1.807, 2.05) is 30.3 Å². The number of rotatable bonds is 7. The first-order valence-electron chi connectivity index (χ1n) is 6.47. The number of nitrogens with one attached hydrogen (secondary N) is 1. The Labute approximate surface area is 122 Å². The zero-order valence-electron chi connectivity index (χ0n) is 11.8. The van der Waals surface area contributed by atoms with Gasteiger partial charge >= 0.3 is 12.0 Å². The van der Waals surface area contributed by atoms with Crippen LogP contribution in [0.5, 0.6) is 0 Å². The number of aryl methyl sites for hydroxylation is 1. The van der Waals surface area contributed by atoms with E-state index in [2.05, 4.69) is 5.32 Å². The van der Waals surface area contributed by atoms with Gasteiger partial charge in [-0.1, -0.05) is 30.3 Å². The Morgan fingerprint density at radius 2 is 1.90 bits per heavy atom. The van der Waals surface area contributed by atoms with E-state index in [0.29, 0.717) is 6.42 Å². The Kier molecular flexibility index (Phi) is 6.19. The molecule has 0 aliphatic carbocycles. The van der Waals surface area contributed by atoms with Crippen molar-refractivity contribution in [2.24, 2.45) is 5.73 Å². The molecular formula is C14H19N3O4. The van der Waals surface area contributed by atoms with Crippen molar-refractivity contribution in [3.8, 4) is 0 Å². The van der Waals surface area contributed by atoms with Crippen LogP contribution in [0, 0.1) is 0 Å². The molecule has 1 atom stereocenters. The Hall–Kier alpha value is -2.57. The lowest BCUT2D eigenvalue weighted by atomic mass is 10.1. The Morgan fingerprint density at radius 3 is 2.43 bits per heavy atom. The minimum absolute atomic E-state index is 0.259. The SMILES string of the molecule is CN(CC(N)=O)C(=O)N[C@@H](CCc1ccccc1)C(=O)O.